The Labute approximate surface area is 80.4 Å². The molecule has 0 atom stereocenters. The van der Waals surface area contributed by atoms with E-state index in [0.717, 1.165) is 10.9 Å². The Balaban J connectivity index is 2.76. The fourth-order valence-electron chi connectivity index (χ4n) is 1.39. The highest BCUT2D eigenvalue weighted by Crippen LogP contribution is 2.22. The average Bonchev–Trinajstić information content (AvgIpc) is 2.64. The first kappa shape index (κ1) is 8.74. The van der Waals surface area contributed by atoms with Gasteiger partial charge in [0.05, 0.1) is 13.3 Å². The van der Waals surface area contributed by atoms with Crippen LogP contribution in [0.1, 0.15) is 15.9 Å². The third-order valence-corrected chi connectivity index (χ3v) is 2.12. The first-order chi connectivity index (χ1) is 6.74. The Bertz CT molecular complexity index is 487. The van der Waals surface area contributed by atoms with Crippen molar-refractivity contribution >= 4 is 16.9 Å². The molecular weight excluding hydrogens is 182 g/mol. The third kappa shape index (κ3) is 1.16. The van der Waals surface area contributed by atoms with Crippen LogP contribution in [-0.2, 0) is 4.74 Å². The van der Waals surface area contributed by atoms with Gasteiger partial charge in [0.15, 0.2) is 5.58 Å². The molecule has 0 N–H and O–H groups in total. The van der Waals surface area contributed by atoms with Gasteiger partial charge < -0.3 is 9.26 Å². The van der Waals surface area contributed by atoms with E-state index in [4.69, 9.17) is 4.52 Å². The Morgan fingerprint density at radius 2 is 2.29 bits per heavy atom. The smallest absolute Gasteiger partial charge is 0.342 e. The molecule has 0 bridgehead atoms. The van der Waals surface area contributed by atoms with Crippen LogP contribution in [-0.4, -0.2) is 18.2 Å². The maximum atomic E-state index is 11.4. The van der Waals surface area contributed by atoms with E-state index in [9.17, 15) is 4.79 Å². The van der Waals surface area contributed by atoms with Crippen molar-refractivity contribution in [2.45, 2.75) is 6.92 Å². The monoisotopic (exact) mass is 191 g/mol. The second kappa shape index (κ2) is 3.14. The van der Waals surface area contributed by atoms with E-state index < -0.39 is 5.97 Å². The number of fused-ring (bicyclic) bond motifs is 1. The minimum Gasteiger partial charge on any atom is -0.465 e. The number of hydrogen-bond acceptors (Lipinski definition) is 4. The first-order valence-electron chi connectivity index (χ1n) is 4.16. The number of rotatable bonds is 1. The molecule has 0 fully saturated rings. The molecule has 0 saturated heterocycles. The van der Waals surface area contributed by atoms with Gasteiger partial charge in [0.2, 0.25) is 0 Å². The van der Waals surface area contributed by atoms with E-state index in [1.165, 1.54) is 7.11 Å². The molecule has 0 aliphatic carbocycles. The number of carbonyl (C=O) groups is 1. The Hall–Kier alpha value is -1.84. The van der Waals surface area contributed by atoms with Gasteiger partial charge in [0, 0.05) is 5.39 Å². The minimum absolute atomic E-state index is 0.398. The zero-order valence-corrected chi connectivity index (χ0v) is 7.90. The molecule has 4 heteroatoms. The van der Waals surface area contributed by atoms with Crippen LogP contribution >= 0.6 is 0 Å². The number of hydrogen-bond donors (Lipinski definition) is 0. The SMILES string of the molecule is COC(=O)c1c(C)ccc2cnoc12. The third-order valence-electron chi connectivity index (χ3n) is 2.12. The fraction of sp³-hybridized carbons (Fsp3) is 0.200. The van der Waals surface area contributed by atoms with Gasteiger partial charge in [-0.05, 0) is 18.6 Å². The number of aryl methyl sites for hydroxylation is 1. The summed E-state index contributed by atoms with van der Waals surface area (Å²) in [6.07, 6.45) is 1.57. The Morgan fingerprint density at radius 1 is 1.50 bits per heavy atom. The summed E-state index contributed by atoms with van der Waals surface area (Å²) in [4.78, 5) is 11.4. The molecule has 72 valence electrons. The molecule has 1 aromatic carbocycles. The maximum absolute atomic E-state index is 11.4. The van der Waals surface area contributed by atoms with Crippen molar-refractivity contribution in [3.8, 4) is 0 Å². The van der Waals surface area contributed by atoms with E-state index in [-0.39, 0.29) is 0 Å². The molecule has 1 aromatic heterocycles. The highest BCUT2D eigenvalue weighted by atomic mass is 16.5. The van der Waals surface area contributed by atoms with Crippen LogP contribution in [0.5, 0.6) is 0 Å². The van der Waals surface area contributed by atoms with Crippen LogP contribution < -0.4 is 0 Å². The van der Waals surface area contributed by atoms with Crippen LogP contribution in [0, 0.1) is 6.92 Å². The number of carbonyl (C=O) groups excluding carboxylic acids is 1. The Morgan fingerprint density at radius 3 is 3.00 bits per heavy atom. The molecule has 0 spiro atoms. The van der Waals surface area contributed by atoms with Crippen LogP contribution in [0.15, 0.2) is 22.9 Å². The summed E-state index contributed by atoms with van der Waals surface area (Å²) in [5, 5.41) is 4.44. The summed E-state index contributed by atoms with van der Waals surface area (Å²) in [5.74, 6) is -0.398. The van der Waals surface area contributed by atoms with E-state index in [1.54, 1.807) is 6.20 Å². The second-order valence-corrected chi connectivity index (χ2v) is 2.99. The predicted molar refractivity (Wildman–Crippen MR) is 50.1 cm³/mol. The molecule has 14 heavy (non-hydrogen) atoms. The summed E-state index contributed by atoms with van der Waals surface area (Å²) in [7, 11) is 1.34. The summed E-state index contributed by atoms with van der Waals surface area (Å²) in [6, 6.07) is 3.69. The summed E-state index contributed by atoms with van der Waals surface area (Å²) >= 11 is 0. The first-order valence-corrected chi connectivity index (χ1v) is 4.16. The summed E-state index contributed by atoms with van der Waals surface area (Å²) < 4.78 is 9.67. The number of esters is 1. The van der Waals surface area contributed by atoms with Crippen molar-refractivity contribution in [3.05, 3.63) is 29.5 Å². The lowest BCUT2D eigenvalue weighted by atomic mass is 10.1. The predicted octanol–water partition coefficient (Wildman–Crippen LogP) is 1.92. The van der Waals surface area contributed by atoms with Crippen molar-refractivity contribution in [2.75, 3.05) is 7.11 Å². The Kier molecular flexibility index (Phi) is 1.96. The van der Waals surface area contributed by atoms with E-state index in [2.05, 4.69) is 9.89 Å². The molecule has 0 amide bonds. The van der Waals surface area contributed by atoms with Crippen LogP contribution in [0.2, 0.25) is 0 Å². The van der Waals surface area contributed by atoms with Gasteiger partial charge in [-0.1, -0.05) is 11.2 Å². The van der Waals surface area contributed by atoms with Crippen LogP contribution in [0.3, 0.4) is 0 Å². The molecule has 0 aliphatic rings. The van der Waals surface area contributed by atoms with Crippen molar-refractivity contribution < 1.29 is 14.1 Å². The zero-order chi connectivity index (χ0) is 10.1. The van der Waals surface area contributed by atoms with E-state index >= 15 is 0 Å². The number of nitrogens with zero attached hydrogens (tertiary/aromatic N) is 1. The maximum Gasteiger partial charge on any atom is 0.342 e. The fourth-order valence-corrected chi connectivity index (χ4v) is 1.39. The second-order valence-electron chi connectivity index (χ2n) is 2.99. The van der Waals surface area contributed by atoms with E-state index in [1.807, 2.05) is 19.1 Å². The average molecular weight is 191 g/mol. The van der Waals surface area contributed by atoms with E-state index in [0.29, 0.717) is 11.1 Å². The van der Waals surface area contributed by atoms with Crippen LogP contribution in [0.25, 0.3) is 11.0 Å². The van der Waals surface area contributed by atoms with Gasteiger partial charge >= 0.3 is 5.97 Å². The van der Waals surface area contributed by atoms with Gasteiger partial charge in [0.25, 0.3) is 0 Å². The highest BCUT2D eigenvalue weighted by Gasteiger charge is 2.16. The van der Waals surface area contributed by atoms with Crippen LogP contribution in [0.4, 0.5) is 0 Å². The quantitative estimate of drug-likeness (QED) is 0.646. The van der Waals surface area contributed by atoms with Crippen molar-refractivity contribution in [3.63, 3.8) is 0 Å². The number of benzene rings is 1. The largest absolute Gasteiger partial charge is 0.465 e. The molecule has 0 radical (unpaired) electrons. The normalized spacial score (nSPS) is 10.4. The summed E-state index contributed by atoms with van der Waals surface area (Å²) in [5.41, 5.74) is 1.75. The molecule has 2 rings (SSSR count). The highest BCUT2D eigenvalue weighted by molar-refractivity contribution is 6.03. The molecule has 2 aromatic rings. The van der Waals surface area contributed by atoms with Gasteiger partial charge in [-0.3, -0.25) is 0 Å². The molecule has 0 saturated carbocycles. The zero-order valence-electron chi connectivity index (χ0n) is 7.90. The lowest BCUT2D eigenvalue weighted by molar-refractivity contribution is 0.0600. The molecule has 1 heterocycles. The van der Waals surface area contributed by atoms with Crippen molar-refractivity contribution in [1.82, 2.24) is 5.16 Å². The molecule has 4 nitrogen and oxygen atoms in total. The molecule has 0 unspecified atom stereocenters. The molecular formula is C10H9NO3. The van der Waals surface area contributed by atoms with Gasteiger partial charge in [0.1, 0.15) is 5.56 Å². The minimum atomic E-state index is -0.398. The van der Waals surface area contributed by atoms with Gasteiger partial charge in [-0.25, -0.2) is 4.79 Å². The van der Waals surface area contributed by atoms with Gasteiger partial charge in [-0.2, -0.15) is 0 Å². The van der Waals surface area contributed by atoms with Crippen molar-refractivity contribution in [1.29, 1.82) is 0 Å². The lowest BCUT2D eigenvalue weighted by Crippen LogP contribution is -2.03. The lowest BCUT2D eigenvalue weighted by Gasteiger charge is -2.02. The number of aromatic nitrogens is 1. The standard InChI is InChI=1S/C10H9NO3/c1-6-3-4-7-5-11-14-9(7)8(6)10(12)13-2/h3-5H,1-2H3. The summed E-state index contributed by atoms with van der Waals surface area (Å²) in [6.45, 7) is 1.83. The van der Waals surface area contributed by atoms with Crippen molar-refractivity contribution in [2.24, 2.45) is 0 Å². The number of ether oxygens (including phenoxy) is 1. The number of methoxy groups -OCH3 is 1. The molecule has 0 aliphatic heterocycles. The van der Waals surface area contributed by atoms with Gasteiger partial charge in [-0.15, -0.1) is 0 Å². The topological polar surface area (TPSA) is 52.3 Å².